The second-order valence-electron chi connectivity index (χ2n) is 1.33. The molecule has 11 heavy (non-hydrogen) atoms. The van der Waals surface area contributed by atoms with Crippen molar-refractivity contribution in [2.24, 2.45) is 0 Å². The number of nitrogens with zero attached hydrogens (tertiary/aromatic N) is 1. The topological polar surface area (TPSA) is 20.3 Å². The van der Waals surface area contributed by atoms with E-state index in [2.05, 4.69) is 0 Å². The third-order valence-electron chi connectivity index (χ3n) is 0.652. The second kappa shape index (κ2) is 5.90. The van der Waals surface area contributed by atoms with Gasteiger partial charge >= 0.3 is 6.00 Å². The minimum atomic E-state index is -4.19. The molecule has 0 aromatic rings. The van der Waals surface area contributed by atoms with Gasteiger partial charge in [-0.25, -0.2) is 4.67 Å². The normalized spacial score (nSPS) is 20.5. The van der Waals surface area contributed by atoms with Crippen LogP contribution in [0.5, 0.6) is 0 Å². The summed E-state index contributed by atoms with van der Waals surface area (Å²) < 4.78 is 41.0. The van der Waals surface area contributed by atoms with Crippen molar-refractivity contribution in [1.82, 2.24) is 4.67 Å². The highest BCUT2D eigenvalue weighted by Gasteiger charge is 2.23. The molecule has 0 spiro atoms. The van der Waals surface area contributed by atoms with Crippen molar-refractivity contribution in [3.05, 3.63) is 0 Å². The van der Waals surface area contributed by atoms with Gasteiger partial charge in [0.1, 0.15) is 0 Å². The van der Waals surface area contributed by atoms with Crippen LogP contribution in [0.25, 0.3) is 0 Å². The predicted molar refractivity (Wildman–Crippen MR) is 52.3 cm³/mol. The first-order chi connectivity index (χ1) is 6.49. The molecule has 0 unspecified atom stereocenters. The second-order valence-corrected chi connectivity index (χ2v) is 6.40. The summed E-state index contributed by atoms with van der Waals surface area (Å²) >= 11 is 21.1. The van der Waals surface area contributed by atoms with E-state index in [4.69, 9.17) is 51.2 Å². The summed E-state index contributed by atoms with van der Waals surface area (Å²) in [7, 11) is 0. The molecule has 0 fully saturated rings. The highest BCUT2D eigenvalue weighted by molar-refractivity contribution is 8.06. The average Bonchev–Trinajstić information content (AvgIpc) is 2.00. The fraction of sp³-hybridized carbons (Fsp3) is 1.00. The number of alkyl halides is 2. The Labute approximate surface area is 91.4 Å². The lowest BCUT2D eigenvalue weighted by Gasteiger charge is -2.19. The molecule has 7 heteroatoms. The van der Waals surface area contributed by atoms with Gasteiger partial charge in [-0.3, -0.25) is 4.57 Å². The summed E-state index contributed by atoms with van der Waals surface area (Å²) in [4.78, 5) is 0. The molecule has 0 aromatic carbocycles. The standard InChI is InChI=1S/C4H8Cl4NOP/c5-1-3-9(4-2-6)11(7,8)10/h1-4H2/i3D2,4D2. The van der Waals surface area contributed by atoms with Gasteiger partial charge in [0.15, 0.2) is 0 Å². The van der Waals surface area contributed by atoms with Crippen molar-refractivity contribution in [3.63, 3.8) is 0 Å². The van der Waals surface area contributed by atoms with Crippen molar-refractivity contribution in [3.8, 4) is 0 Å². The van der Waals surface area contributed by atoms with Gasteiger partial charge in [-0.15, -0.1) is 23.2 Å². The smallest absolute Gasteiger partial charge is 0.271 e. The Hall–Kier alpha value is 1.35. The molecule has 0 saturated carbocycles. The molecule has 0 aromatic heterocycles. The Bertz CT molecular complexity index is 255. The van der Waals surface area contributed by atoms with Crippen LogP contribution in [-0.2, 0) is 4.57 Å². The first-order valence-electron chi connectivity index (χ1n) is 4.41. The zero-order valence-electron chi connectivity index (χ0n) is 9.23. The van der Waals surface area contributed by atoms with E-state index in [1.165, 1.54) is 0 Å². The van der Waals surface area contributed by atoms with E-state index in [1.807, 2.05) is 0 Å². The molecule has 0 N–H and O–H groups in total. The largest absolute Gasteiger partial charge is 0.322 e. The van der Waals surface area contributed by atoms with Gasteiger partial charge in [0.2, 0.25) is 0 Å². The van der Waals surface area contributed by atoms with Gasteiger partial charge < -0.3 is 0 Å². The maximum Gasteiger partial charge on any atom is 0.322 e. The summed E-state index contributed by atoms with van der Waals surface area (Å²) in [5.41, 5.74) is 0. The molecule has 0 atom stereocenters. The van der Waals surface area contributed by atoms with E-state index in [0.29, 0.717) is 0 Å². The molecule has 0 aliphatic heterocycles. The summed E-state index contributed by atoms with van der Waals surface area (Å²) in [5, 5.41) is 0. The fourth-order valence-electron chi connectivity index (χ4n) is 0.334. The lowest BCUT2D eigenvalue weighted by molar-refractivity contribution is 0.470. The predicted octanol–water partition coefficient (Wildman–Crippen LogP) is 3.35. The number of rotatable bonds is 5. The molecule has 68 valence electrons. The Kier molecular flexibility index (Phi) is 3.62. The van der Waals surface area contributed by atoms with E-state index in [0.717, 1.165) is 0 Å². The van der Waals surface area contributed by atoms with Crippen molar-refractivity contribution >= 4 is 51.7 Å². The third kappa shape index (κ3) is 5.57. The lowest BCUT2D eigenvalue weighted by atomic mass is 10.7. The first-order valence-corrected chi connectivity index (χ1v) is 6.95. The van der Waals surface area contributed by atoms with Crippen LogP contribution in [0.15, 0.2) is 0 Å². The van der Waals surface area contributed by atoms with Gasteiger partial charge in [-0.2, -0.15) is 0 Å². The average molecular weight is 263 g/mol. The van der Waals surface area contributed by atoms with Gasteiger partial charge in [-0.05, 0) is 22.5 Å². The molecule has 0 amide bonds. The van der Waals surface area contributed by atoms with Crippen LogP contribution in [0.2, 0.25) is 0 Å². The maximum absolute atomic E-state index is 11.4. The SMILES string of the molecule is [2H]C([2H])(CCl)N(C([2H])([2H])CCl)P(=O)(Cl)Cl. The van der Waals surface area contributed by atoms with E-state index < -0.39 is 30.8 Å². The minimum Gasteiger partial charge on any atom is -0.271 e. The van der Waals surface area contributed by atoms with Gasteiger partial charge in [0.05, 0.1) is 0 Å². The molecular weight excluding hydrogens is 251 g/mol. The van der Waals surface area contributed by atoms with E-state index in [1.54, 1.807) is 0 Å². The van der Waals surface area contributed by atoms with Crippen molar-refractivity contribution < 1.29 is 10.0 Å². The monoisotopic (exact) mass is 261 g/mol. The minimum absolute atomic E-state index is 0.163. The van der Waals surface area contributed by atoms with Crippen molar-refractivity contribution in [2.75, 3.05) is 24.8 Å². The zero-order chi connectivity index (χ0) is 12.5. The quantitative estimate of drug-likeness (QED) is 0.560. The molecule has 0 saturated heterocycles. The molecule has 0 bridgehead atoms. The van der Waals surface area contributed by atoms with Crippen molar-refractivity contribution in [2.45, 2.75) is 0 Å². The number of hydrogen-bond acceptors (Lipinski definition) is 1. The van der Waals surface area contributed by atoms with Crippen LogP contribution in [0, 0.1) is 0 Å². The highest BCUT2D eigenvalue weighted by Crippen LogP contribution is 2.59. The van der Waals surface area contributed by atoms with Gasteiger partial charge in [0, 0.05) is 30.2 Å². The summed E-state index contributed by atoms with van der Waals surface area (Å²) in [6.45, 7) is -4.92. The van der Waals surface area contributed by atoms with E-state index in [-0.39, 0.29) is 4.67 Å². The Balaban J connectivity index is 5.37. The van der Waals surface area contributed by atoms with Crippen LogP contribution < -0.4 is 0 Å². The molecule has 0 radical (unpaired) electrons. The fourth-order valence-corrected chi connectivity index (χ4v) is 1.85. The lowest BCUT2D eigenvalue weighted by Crippen LogP contribution is -2.21. The number of hydrogen-bond donors (Lipinski definition) is 0. The molecule has 0 aliphatic carbocycles. The summed E-state index contributed by atoms with van der Waals surface area (Å²) in [6.07, 6.45) is 0. The van der Waals surface area contributed by atoms with Crippen LogP contribution >= 0.6 is 51.7 Å². The van der Waals surface area contributed by atoms with Crippen LogP contribution in [0.1, 0.15) is 5.48 Å². The van der Waals surface area contributed by atoms with E-state index >= 15 is 0 Å². The molecule has 0 rings (SSSR count). The van der Waals surface area contributed by atoms with Crippen LogP contribution in [0.4, 0.5) is 0 Å². The van der Waals surface area contributed by atoms with Gasteiger partial charge in [0.25, 0.3) is 0 Å². The Morgan fingerprint density at radius 2 is 1.64 bits per heavy atom. The first kappa shape index (κ1) is 6.75. The molecular formula is C4H8Cl4NOP. The summed E-state index contributed by atoms with van der Waals surface area (Å²) in [6, 6.07) is 0. The van der Waals surface area contributed by atoms with Crippen LogP contribution in [-0.4, -0.2) is 29.4 Å². The summed E-state index contributed by atoms with van der Waals surface area (Å²) in [5.74, 6) is -5.49. The molecule has 2 nitrogen and oxygen atoms in total. The third-order valence-corrected chi connectivity index (χ3v) is 2.55. The molecule has 0 aliphatic rings. The zero-order valence-corrected chi connectivity index (χ0v) is 9.15. The Morgan fingerprint density at radius 1 is 1.27 bits per heavy atom. The van der Waals surface area contributed by atoms with Crippen LogP contribution in [0.3, 0.4) is 0 Å². The van der Waals surface area contributed by atoms with E-state index in [9.17, 15) is 4.57 Å². The number of halogens is 4. The maximum atomic E-state index is 11.4. The molecule has 0 heterocycles. The van der Waals surface area contributed by atoms with Crippen molar-refractivity contribution in [1.29, 1.82) is 0 Å². The van der Waals surface area contributed by atoms with Gasteiger partial charge in [-0.1, -0.05) is 0 Å². The highest BCUT2D eigenvalue weighted by atomic mass is 35.9. The Morgan fingerprint density at radius 3 is 1.82 bits per heavy atom.